The van der Waals surface area contributed by atoms with Crippen molar-refractivity contribution in [1.82, 2.24) is 4.98 Å². The maximum absolute atomic E-state index is 10.6. The summed E-state index contributed by atoms with van der Waals surface area (Å²) in [6, 6.07) is 5.42. The monoisotopic (exact) mass is 194 g/mol. The number of aliphatic carboxylic acids is 1. The van der Waals surface area contributed by atoms with Gasteiger partial charge >= 0.3 is 5.97 Å². The fourth-order valence-electron chi connectivity index (χ4n) is 1.27. The molecule has 0 saturated heterocycles. The molecule has 1 heterocycles. The van der Waals surface area contributed by atoms with Gasteiger partial charge in [-0.15, -0.1) is 0 Å². The predicted octanol–water partition coefficient (Wildman–Crippen LogP) is 1.04. The Morgan fingerprint density at radius 1 is 1.64 bits per heavy atom. The van der Waals surface area contributed by atoms with E-state index in [1.165, 1.54) is 0 Å². The van der Waals surface area contributed by atoms with Gasteiger partial charge in [0.25, 0.3) is 0 Å². The van der Waals surface area contributed by atoms with Crippen molar-refractivity contribution in [1.29, 1.82) is 0 Å². The van der Waals surface area contributed by atoms with Crippen LogP contribution < -0.4 is 5.73 Å². The molecule has 14 heavy (non-hydrogen) atoms. The molecule has 1 rings (SSSR count). The topological polar surface area (TPSA) is 76.2 Å². The van der Waals surface area contributed by atoms with Crippen molar-refractivity contribution < 1.29 is 9.90 Å². The number of hydrogen-bond acceptors (Lipinski definition) is 3. The molecule has 0 fully saturated rings. The molecular formula is C10H14N2O2. The fraction of sp³-hybridized carbons (Fsp3) is 0.400. The molecule has 1 aromatic rings. The van der Waals surface area contributed by atoms with E-state index < -0.39 is 11.5 Å². The summed E-state index contributed by atoms with van der Waals surface area (Å²) in [5, 5.41) is 8.67. The van der Waals surface area contributed by atoms with Gasteiger partial charge in [-0.05, 0) is 26.0 Å². The quantitative estimate of drug-likeness (QED) is 0.753. The van der Waals surface area contributed by atoms with Gasteiger partial charge in [0.15, 0.2) is 0 Å². The molecule has 76 valence electrons. The third-order valence-electron chi connectivity index (χ3n) is 1.99. The summed E-state index contributed by atoms with van der Waals surface area (Å²) >= 11 is 0. The van der Waals surface area contributed by atoms with Gasteiger partial charge in [0, 0.05) is 5.69 Å². The fourth-order valence-corrected chi connectivity index (χ4v) is 1.27. The van der Waals surface area contributed by atoms with Gasteiger partial charge in [-0.3, -0.25) is 9.78 Å². The van der Waals surface area contributed by atoms with Gasteiger partial charge < -0.3 is 10.8 Å². The van der Waals surface area contributed by atoms with Crippen molar-refractivity contribution in [3.63, 3.8) is 0 Å². The molecule has 0 aliphatic carbocycles. The van der Waals surface area contributed by atoms with Gasteiger partial charge in [0.05, 0.1) is 17.7 Å². The molecule has 0 spiro atoms. The number of nitrogens with zero attached hydrogens (tertiary/aromatic N) is 1. The van der Waals surface area contributed by atoms with Crippen LogP contribution in [-0.2, 0) is 10.3 Å². The minimum absolute atomic E-state index is 0.122. The zero-order valence-corrected chi connectivity index (χ0v) is 8.32. The summed E-state index contributed by atoms with van der Waals surface area (Å²) in [5.74, 6) is -0.918. The minimum atomic E-state index is -0.918. The van der Waals surface area contributed by atoms with E-state index in [9.17, 15) is 4.79 Å². The van der Waals surface area contributed by atoms with E-state index in [4.69, 9.17) is 10.8 Å². The van der Waals surface area contributed by atoms with E-state index in [0.717, 1.165) is 5.69 Å². The van der Waals surface area contributed by atoms with Crippen molar-refractivity contribution in [2.45, 2.75) is 25.8 Å². The lowest BCUT2D eigenvalue weighted by Gasteiger charge is -2.21. The average Bonchev–Trinajstić information content (AvgIpc) is 2.01. The number of carboxylic acids is 1. The summed E-state index contributed by atoms with van der Waals surface area (Å²) in [7, 11) is 0. The lowest BCUT2D eigenvalue weighted by atomic mass is 9.94. The predicted molar refractivity (Wildman–Crippen MR) is 52.8 cm³/mol. The normalized spacial score (nSPS) is 14.8. The highest BCUT2D eigenvalue weighted by Gasteiger charge is 2.25. The molecule has 0 aromatic carbocycles. The number of aromatic nitrogens is 1. The standard InChI is InChI=1S/C10H14N2O2/c1-7-4-3-5-8(12-7)10(2,11)6-9(13)14/h3-5H,6,11H2,1-2H3,(H,13,14)/t10-/m1/s1. The molecule has 0 saturated carbocycles. The van der Waals surface area contributed by atoms with Gasteiger partial charge in [0.1, 0.15) is 0 Å². The molecule has 0 amide bonds. The summed E-state index contributed by atoms with van der Waals surface area (Å²) in [6.45, 7) is 3.52. The van der Waals surface area contributed by atoms with Gasteiger partial charge in [-0.25, -0.2) is 0 Å². The molecule has 0 unspecified atom stereocenters. The molecule has 1 aromatic heterocycles. The van der Waals surface area contributed by atoms with Crippen LogP contribution in [0.1, 0.15) is 24.7 Å². The lowest BCUT2D eigenvalue weighted by Crippen LogP contribution is -2.36. The second kappa shape index (κ2) is 3.75. The van der Waals surface area contributed by atoms with Crippen LogP contribution in [-0.4, -0.2) is 16.1 Å². The molecule has 3 N–H and O–H groups in total. The zero-order chi connectivity index (χ0) is 10.8. The number of aryl methyl sites for hydroxylation is 1. The van der Waals surface area contributed by atoms with Crippen LogP contribution in [0.3, 0.4) is 0 Å². The van der Waals surface area contributed by atoms with Crippen molar-refractivity contribution in [3.8, 4) is 0 Å². The van der Waals surface area contributed by atoms with Crippen molar-refractivity contribution in [2.24, 2.45) is 5.73 Å². The second-order valence-electron chi connectivity index (χ2n) is 3.65. The zero-order valence-electron chi connectivity index (χ0n) is 8.32. The van der Waals surface area contributed by atoms with Crippen LogP contribution in [0.2, 0.25) is 0 Å². The van der Waals surface area contributed by atoms with Crippen LogP contribution in [0.25, 0.3) is 0 Å². The van der Waals surface area contributed by atoms with Crippen LogP contribution >= 0.6 is 0 Å². The highest BCUT2D eigenvalue weighted by molar-refractivity contribution is 5.68. The number of carbonyl (C=O) groups is 1. The molecule has 0 bridgehead atoms. The van der Waals surface area contributed by atoms with Gasteiger partial charge in [-0.1, -0.05) is 6.07 Å². The van der Waals surface area contributed by atoms with Crippen molar-refractivity contribution in [3.05, 3.63) is 29.6 Å². The Morgan fingerprint density at radius 3 is 2.79 bits per heavy atom. The first kappa shape index (κ1) is 10.7. The van der Waals surface area contributed by atoms with E-state index in [-0.39, 0.29) is 6.42 Å². The molecule has 4 nitrogen and oxygen atoms in total. The van der Waals surface area contributed by atoms with Crippen LogP contribution in [0, 0.1) is 6.92 Å². The Morgan fingerprint density at radius 2 is 2.29 bits per heavy atom. The summed E-state index contributed by atoms with van der Waals surface area (Å²) in [6.07, 6.45) is -0.122. The Balaban J connectivity index is 2.97. The number of nitrogens with two attached hydrogens (primary N) is 1. The Bertz CT molecular complexity index is 348. The second-order valence-corrected chi connectivity index (χ2v) is 3.65. The van der Waals surface area contributed by atoms with Crippen molar-refractivity contribution in [2.75, 3.05) is 0 Å². The molecule has 0 aliphatic rings. The van der Waals surface area contributed by atoms with E-state index in [2.05, 4.69) is 4.98 Å². The number of carboxylic acid groups (broad SMARTS) is 1. The van der Waals surface area contributed by atoms with Gasteiger partial charge in [-0.2, -0.15) is 0 Å². The first-order chi connectivity index (χ1) is 6.42. The van der Waals surface area contributed by atoms with Gasteiger partial charge in [0.2, 0.25) is 0 Å². The number of rotatable bonds is 3. The lowest BCUT2D eigenvalue weighted by molar-refractivity contribution is -0.138. The Hall–Kier alpha value is -1.42. The Labute approximate surface area is 82.8 Å². The first-order valence-electron chi connectivity index (χ1n) is 4.36. The van der Waals surface area contributed by atoms with Crippen LogP contribution in [0.4, 0.5) is 0 Å². The number of pyridine rings is 1. The third-order valence-corrected chi connectivity index (χ3v) is 1.99. The highest BCUT2D eigenvalue weighted by atomic mass is 16.4. The minimum Gasteiger partial charge on any atom is -0.481 e. The maximum Gasteiger partial charge on any atom is 0.305 e. The van der Waals surface area contributed by atoms with Crippen LogP contribution in [0.15, 0.2) is 18.2 Å². The summed E-state index contributed by atoms with van der Waals surface area (Å²) in [5.41, 5.74) is 6.41. The highest BCUT2D eigenvalue weighted by Crippen LogP contribution is 2.19. The summed E-state index contributed by atoms with van der Waals surface area (Å²) in [4.78, 5) is 14.8. The largest absolute Gasteiger partial charge is 0.481 e. The summed E-state index contributed by atoms with van der Waals surface area (Å²) < 4.78 is 0. The van der Waals surface area contributed by atoms with E-state index in [1.807, 2.05) is 19.1 Å². The smallest absolute Gasteiger partial charge is 0.305 e. The third kappa shape index (κ3) is 2.53. The SMILES string of the molecule is Cc1cccc([C@](C)(N)CC(=O)O)n1. The maximum atomic E-state index is 10.6. The molecular weight excluding hydrogens is 180 g/mol. The van der Waals surface area contributed by atoms with E-state index in [0.29, 0.717) is 5.69 Å². The Kier molecular flexibility index (Phi) is 2.86. The molecule has 0 aliphatic heterocycles. The van der Waals surface area contributed by atoms with Crippen molar-refractivity contribution >= 4 is 5.97 Å². The average molecular weight is 194 g/mol. The van der Waals surface area contributed by atoms with E-state index >= 15 is 0 Å². The first-order valence-corrected chi connectivity index (χ1v) is 4.36. The molecule has 4 heteroatoms. The molecule has 0 radical (unpaired) electrons. The number of hydrogen-bond donors (Lipinski definition) is 2. The molecule has 1 atom stereocenters. The van der Waals surface area contributed by atoms with E-state index in [1.54, 1.807) is 13.0 Å². The van der Waals surface area contributed by atoms with Crippen LogP contribution in [0.5, 0.6) is 0 Å².